The Morgan fingerprint density at radius 2 is 1.90 bits per heavy atom. The van der Waals surface area contributed by atoms with E-state index in [4.69, 9.17) is 5.11 Å². The minimum absolute atomic E-state index is 0.0406. The summed E-state index contributed by atoms with van der Waals surface area (Å²) in [5, 5.41) is 15.7. The molecular formula is C11H19N3O5S. The van der Waals surface area contributed by atoms with Crippen molar-refractivity contribution in [3.63, 3.8) is 0 Å². The van der Waals surface area contributed by atoms with Crippen molar-refractivity contribution >= 4 is 35.6 Å². The van der Waals surface area contributed by atoms with Gasteiger partial charge in [0.1, 0.15) is 6.04 Å². The van der Waals surface area contributed by atoms with E-state index >= 15 is 0 Å². The summed E-state index contributed by atoms with van der Waals surface area (Å²) >= 11 is 1.02. The van der Waals surface area contributed by atoms with E-state index in [1.54, 1.807) is 0 Å². The Kier molecular flexibility index (Phi) is 9.18. The van der Waals surface area contributed by atoms with Gasteiger partial charge in [0.05, 0.1) is 5.75 Å². The van der Waals surface area contributed by atoms with Crippen LogP contribution in [0.4, 0.5) is 4.79 Å². The van der Waals surface area contributed by atoms with Gasteiger partial charge in [-0.05, 0) is 6.42 Å². The Bertz CT molecular complexity index is 375. The highest BCUT2D eigenvalue weighted by atomic mass is 32.2. The number of carboxylic acids is 1. The third kappa shape index (κ3) is 9.20. The number of hydrogen-bond donors (Lipinski definition) is 4. The number of thioether (sulfide) groups is 1. The fourth-order valence-electron chi connectivity index (χ4n) is 1.13. The van der Waals surface area contributed by atoms with Gasteiger partial charge in [-0.25, -0.2) is 9.59 Å². The van der Waals surface area contributed by atoms with Crippen molar-refractivity contribution in [3.05, 3.63) is 0 Å². The summed E-state index contributed by atoms with van der Waals surface area (Å²) in [5.41, 5.74) is 0. The Morgan fingerprint density at radius 3 is 2.40 bits per heavy atom. The number of amides is 4. The first-order valence-electron chi connectivity index (χ1n) is 6.02. The molecule has 0 radical (unpaired) electrons. The molecule has 1 atom stereocenters. The van der Waals surface area contributed by atoms with Crippen LogP contribution in [0.5, 0.6) is 0 Å². The van der Waals surface area contributed by atoms with Crippen LogP contribution in [0.3, 0.4) is 0 Å². The number of nitrogens with one attached hydrogen (secondary N) is 3. The Hall–Kier alpha value is -1.77. The summed E-state index contributed by atoms with van der Waals surface area (Å²) in [6.07, 6.45) is 0.757. The van der Waals surface area contributed by atoms with E-state index in [2.05, 4.69) is 16.0 Å². The van der Waals surface area contributed by atoms with Gasteiger partial charge in [0, 0.05) is 19.2 Å². The second-order valence-electron chi connectivity index (χ2n) is 3.91. The molecule has 0 fully saturated rings. The summed E-state index contributed by atoms with van der Waals surface area (Å²) in [7, 11) is 0. The second-order valence-corrected chi connectivity index (χ2v) is 4.94. The van der Waals surface area contributed by atoms with Gasteiger partial charge in [-0.2, -0.15) is 0 Å². The summed E-state index contributed by atoms with van der Waals surface area (Å²) in [6, 6.07) is -1.63. The van der Waals surface area contributed by atoms with Gasteiger partial charge in [0.15, 0.2) is 0 Å². The Labute approximate surface area is 121 Å². The minimum atomic E-state index is -1.17. The highest BCUT2D eigenvalue weighted by Gasteiger charge is 2.18. The van der Waals surface area contributed by atoms with Crippen molar-refractivity contribution < 1.29 is 24.3 Å². The third-order valence-electron chi connectivity index (χ3n) is 1.98. The second kappa shape index (κ2) is 10.1. The molecule has 8 nitrogen and oxygen atoms in total. The molecular weight excluding hydrogens is 286 g/mol. The lowest BCUT2D eigenvalue weighted by Crippen LogP contribution is -2.43. The van der Waals surface area contributed by atoms with Crippen molar-refractivity contribution in [2.45, 2.75) is 26.3 Å². The van der Waals surface area contributed by atoms with Crippen LogP contribution in [0.25, 0.3) is 0 Å². The molecule has 0 bridgehead atoms. The lowest BCUT2D eigenvalue weighted by molar-refractivity contribution is -0.140. The van der Waals surface area contributed by atoms with Gasteiger partial charge in [-0.15, -0.1) is 11.8 Å². The quantitative estimate of drug-likeness (QED) is 0.481. The molecule has 4 N–H and O–H groups in total. The number of carbonyl (C=O) groups is 4. The molecule has 0 aliphatic heterocycles. The van der Waals surface area contributed by atoms with Gasteiger partial charge in [0.25, 0.3) is 0 Å². The highest BCUT2D eigenvalue weighted by molar-refractivity contribution is 8.00. The van der Waals surface area contributed by atoms with Crippen molar-refractivity contribution in [1.82, 2.24) is 16.0 Å². The zero-order chi connectivity index (χ0) is 15.5. The van der Waals surface area contributed by atoms with Crippen LogP contribution >= 0.6 is 11.8 Å². The number of rotatable bonds is 8. The fourth-order valence-corrected chi connectivity index (χ4v) is 1.97. The molecule has 4 amide bonds. The molecule has 0 unspecified atom stereocenters. The van der Waals surface area contributed by atoms with E-state index in [0.717, 1.165) is 18.2 Å². The Balaban J connectivity index is 3.96. The molecule has 0 saturated heterocycles. The number of imide groups is 1. The zero-order valence-electron chi connectivity index (χ0n) is 11.4. The first-order chi connectivity index (χ1) is 9.36. The molecule has 20 heavy (non-hydrogen) atoms. The number of urea groups is 1. The first kappa shape index (κ1) is 18.2. The molecule has 0 aliphatic carbocycles. The van der Waals surface area contributed by atoms with Gasteiger partial charge in [-0.1, -0.05) is 6.92 Å². The maximum atomic E-state index is 11.4. The molecule has 0 aromatic rings. The van der Waals surface area contributed by atoms with E-state index < -0.39 is 29.9 Å². The normalized spacial score (nSPS) is 11.3. The number of carboxylic acid groups (broad SMARTS) is 1. The Morgan fingerprint density at radius 1 is 1.25 bits per heavy atom. The number of hydrogen-bond acceptors (Lipinski definition) is 5. The van der Waals surface area contributed by atoms with Crippen LogP contribution in [-0.4, -0.2) is 53.0 Å². The van der Waals surface area contributed by atoms with Crippen molar-refractivity contribution in [3.8, 4) is 0 Å². The van der Waals surface area contributed by atoms with Crippen molar-refractivity contribution in [2.75, 3.05) is 18.1 Å². The van der Waals surface area contributed by atoms with Gasteiger partial charge in [-0.3, -0.25) is 14.9 Å². The molecule has 0 heterocycles. The number of carbonyl (C=O) groups excluding carboxylic acids is 3. The summed E-state index contributed by atoms with van der Waals surface area (Å²) in [4.78, 5) is 44.1. The molecule has 0 saturated carbocycles. The average Bonchev–Trinajstić information content (AvgIpc) is 2.34. The topological polar surface area (TPSA) is 125 Å². The molecule has 114 valence electrons. The maximum absolute atomic E-state index is 11.4. The first-order valence-corrected chi connectivity index (χ1v) is 7.17. The summed E-state index contributed by atoms with van der Waals surface area (Å²) in [5.74, 6) is -2.17. The predicted octanol–water partition coefficient (Wildman–Crippen LogP) is -0.455. The van der Waals surface area contributed by atoms with Crippen LogP contribution in [0.2, 0.25) is 0 Å². The summed E-state index contributed by atoms with van der Waals surface area (Å²) < 4.78 is 0. The fraction of sp³-hybridized carbons (Fsp3) is 0.636. The van der Waals surface area contributed by atoms with Crippen molar-refractivity contribution in [1.29, 1.82) is 0 Å². The lowest BCUT2D eigenvalue weighted by Gasteiger charge is -2.12. The van der Waals surface area contributed by atoms with Gasteiger partial charge in [0.2, 0.25) is 11.8 Å². The molecule has 0 aromatic carbocycles. The largest absolute Gasteiger partial charge is 0.480 e. The standard InChI is InChI=1S/C11H19N3O5S/c1-3-4-12-11(19)14-9(16)6-20-5-8(10(17)18)13-7(2)15/h8H,3-6H2,1-2H3,(H,13,15)(H,17,18)(H2,12,14,16,19)/t8-/m0/s1. The van der Waals surface area contributed by atoms with Crippen LogP contribution < -0.4 is 16.0 Å². The van der Waals surface area contributed by atoms with Gasteiger partial charge >= 0.3 is 12.0 Å². The highest BCUT2D eigenvalue weighted by Crippen LogP contribution is 2.03. The van der Waals surface area contributed by atoms with E-state index in [1.807, 2.05) is 6.92 Å². The van der Waals surface area contributed by atoms with Crippen LogP contribution in [0.15, 0.2) is 0 Å². The minimum Gasteiger partial charge on any atom is -0.480 e. The van der Waals surface area contributed by atoms with E-state index in [9.17, 15) is 19.2 Å². The summed E-state index contributed by atoms with van der Waals surface area (Å²) in [6.45, 7) is 3.56. The average molecular weight is 305 g/mol. The van der Waals surface area contributed by atoms with E-state index in [-0.39, 0.29) is 11.5 Å². The SMILES string of the molecule is CCCNC(=O)NC(=O)CSC[C@H](NC(C)=O)C(=O)O. The molecule has 0 rings (SSSR count). The van der Waals surface area contributed by atoms with E-state index in [0.29, 0.717) is 6.54 Å². The molecule has 0 spiro atoms. The van der Waals surface area contributed by atoms with Crippen LogP contribution in [0.1, 0.15) is 20.3 Å². The number of aliphatic carboxylic acids is 1. The van der Waals surface area contributed by atoms with Gasteiger partial charge < -0.3 is 15.7 Å². The van der Waals surface area contributed by atoms with E-state index in [1.165, 1.54) is 6.92 Å². The maximum Gasteiger partial charge on any atom is 0.327 e. The third-order valence-corrected chi connectivity index (χ3v) is 3.02. The molecule has 0 aromatic heterocycles. The monoisotopic (exact) mass is 305 g/mol. The predicted molar refractivity (Wildman–Crippen MR) is 74.4 cm³/mol. The van der Waals surface area contributed by atoms with Crippen molar-refractivity contribution in [2.24, 2.45) is 0 Å². The molecule has 9 heteroatoms. The lowest BCUT2D eigenvalue weighted by atomic mass is 10.3. The van der Waals surface area contributed by atoms with Crippen LogP contribution in [0, 0.1) is 0 Å². The van der Waals surface area contributed by atoms with Crippen LogP contribution in [-0.2, 0) is 14.4 Å². The molecule has 0 aliphatic rings. The smallest absolute Gasteiger partial charge is 0.327 e. The zero-order valence-corrected chi connectivity index (χ0v) is 12.2.